The third kappa shape index (κ3) is 6.07. The molecule has 1 aromatic heterocycles. The molecule has 19 heavy (non-hydrogen) atoms. The van der Waals surface area contributed by atoms with Crippen molar-refractivity contribution in [2.24, 2.45) is 5.92 Å². The molecule has 0 radical (unpaired) electrons. The van der Waals surface area contributed by atoms with Crippen LogP contribution in [-0.2, 0) is 4.79 Å². The Hall–Kier alpha value is -1.80. The number of carbonyl (C=O) groups is 1. The Kier molecular flexibility index (Phi) is 6.10. The molecule has 0 atom stereocenters. The van der Waals surface area contributed by atoms with Crippen LogP contribution in [0.3, 0.4) is 0 Å². The van der Waals surface area contributed by atoms with Crippen LogP contribution in [0.1, 0.15) is 25.8 Å². The Morgan fingerprint density at radius 2 is 2.26 bits per heavy atom. The van der Waals surface area contributed by atoms with E-state index in [2.05, 4.69) is 15.6 Å². The maximum atomic E-state index is 11.5. The summed E-state index contributed by atoms with van der Waals surface area (Å²) >= 11 is 5.77. The number of hydrogen-bond donors (Lipinski definition) is 2. The van der Waals surface area contributed by atoms with E-state index in [0.29, 0.717) is 36.8 Å². The molecule has 1 heterocycles. The molecule has 6 heteroatoms. The molecule has 0 aliphatic carbocycles. The molecule has 0 aliphatic rings. The number of rotatable bonds is 6. The van der Waals surface area contributed by atoms with Gasteiger partial charge >= 0.3 is 0 Å². The number of halogens is 1. The largest absolute Gasteiger partial charge is 0.369 e. The number of pyridine rings is 1. The molecule has 102 valence electrons. The van der Waals surface area contributed by atoms with Gasteiger partial charge in [-0.2, -0.15) is 5.26 Å². The second-order valence-electron chi connectivity index (χ2n) is 4.55. The van der Waals surface area contributed by atoms with Crippen LogP contribution in [0.25, 0.3) is 0 Å². The Morgan fingerprint density at radius 1 is 1.53 bits per heavy atom. The van der Waals surface area contributed by atoms with Crippen molar-refractivity contribution in [2.45, 2.75) is 20.3 Å². The molecular formula is C13H17ClN4O. The van der Waals surface area contributed by atoms with Crippen molar-refractivity contribution in [3.63, 3.8) is 0 Å². The summed E-state index contributed by atoms with van der Waals surface area (Å²) in [7, 11) is 0. The van der Waals surface area contributed by atoms with Crippen molar-refractivity contribution in [1.82, 2.24) is 10.3 Å². The second-order valence-corrected chi connectivity index (χ2v) is 4.94. The van der Waals surface area contributed by atoms with Gasteiger partial charge in [0.1, 0.15) is 11.0 Å². The predicted molar refractivity (Wildman–Crippen MR) is 74.9 cm³/mol. The Bertz CT molecular complexity index is 482. The highest BCUT2D eigenvalue weighted by Gasteiger charge is 2.04. The number of hydrogen-bond acceptors (Lipinski definition) is 4. The van der Waals surface area contributed by atoms with Crippen LogP contribution in [0.2, 0.25) is 5.15 Å². The Labute approximate surface area is 118 Å². The van der Waals surface area contributed by atoms with Crippen LogP contribution < -0.4 is 10.6 Å². The van der Waals surface area contributed by atoms with E-state index in [-0.39, 0.29) is 11.1 Å². The fourth-order valence-electron chi connectivity index (χ4n) is 1.36. The molecule has 2 N–H and O–H groups in total. The molecule has 0 saturated carbocycles. The van der Waals surface area contributed by atoms with Gasteiger partial charge in [0, 0.05) is 19.5 Å². The molecule has 0 saturated heterocycles. The monoisotopic (exact) mass is 280 g/mol. The zero-order chi connectivity index (χ0) is 14.3. The summed E-state index contributed by atoms with van der Waals surface area (Å²) in [5.74, 6) is 0.925. The zero-order valence-electron chi connectivity index (χ0n) is 11.0. The maximum absolute atomic E-state index is 11.5. The molecule has 1 rings (SSSR count). The highest BCUT2D eigenvalue weighted by molar-refractivity contribution is 6.29. The Morgan fingerprint density at radius 3 is 2.89 bits per heavy atom. The van der Waals surface area contributed by atoms with E-state index < -0.39 is 0 Å². The molecule has 0 aliphatic heterocycles. The van der Waals surface area contributed by atoms with Gasteiger partial charge in [0.05, 0.1) is 11.6 Å². The first-order valence-electron chi connectivity index (χ1n) is 6.09. The number of aromatic nitrogens is 1. The van der Waals surface area contributed by atoms with Crippen LogP contribution >= 0.6 is 11.6 Å². The SMILES string of the molecule is CC(C)CNC(=O)CCNc1cc(C#N)cc(Cl)n1. The van der Waals surface area contributed by atoms with Crippen LogP contribution in [0, 0.1) is 17.2 Å². The molecule has 0 unspecified atom stereocenters. The van der Waals surface area contributed by atoms with Gasteiger partial charge in [0.2, 0.25) is 5.91 Å². The van der Waals surface area contributed by atoms with Crippen molar-refractivity contribution >= 4 is 23.3 Å². The minimum atomic E-state index is -0.0104. The average molecular weight is 281 g/mol. The molecular weight excluding hydrogens is 264 g/mol. The van der Waals surface area contributed by atoms with Crippen LogP contribution in [0.5, 0.6) is 0 Å². The summed E-state index contributed by atoms with van der Waals surface area (Å²) < 4.78 is 0. The van der Waals surface area contributed by atoms with Gasteiger partial charge in [0.25, 0.3) is 0 Å². The van der Waals surface area contributed by atoms with Gasteiger partial charge in [-0.15, -0.1) is 0 Å². The summed E-state index contributed by atoms with van der Waals surface area (Å²) in [5.41, 5.74) is 0.437. The van der Waals surface area contributed by atoms with E-state index in [4.69, 9.17) is 16.9 Å². The molecule has 0 fully saturated rings. The topological polar surface area (TPSA) is 77.8 Å². The number of anilines is 1. The molecule has 5 nitrogen and oxygen atoms in total. The fourth-order valence-corrected chi connectivity index (χ4v) is 1.57. The van der Waals surface area contributed by atoms with Gasteiger partial charge in [-0.3, -0.25) is 4.79 Å². The van der Waals surface area contributed by atoms with Crippen molar-refractivity contribution in [1.29, 1.82) is 5.26 Å². The van der Waals surface area contributed by atoms with E-state index in [1.54, 1.807) is 6.07 Å². The molecule has 1 amide bonds. The predicted octanol–water partition coefficient (Wildman–Crippen LogP) is 2.18. The lowest BCUT2D eigenvalue weighted by Crippen LogP contribution is -2.28. The summed E-state index contributed by atoms with van der Waals surface area (Å²) in [6.45, 7) is 5.20. The molecule has 0 bridgehead atoms. The van der Waals surface area contributed by atoms with E-state index in [1.165, 1.54) is 6.07 Å². The third-order valence-corrected chi connectivity index (χ3v) is 2.48. The number of carbonyl (C=O) groups excluding carboxylic acids is 1. The number of nitrogens with one attached hydrogen (secondary N) is 2. The minimum Gasteiger partial charge on any atom is -0.369 e. The lowest BCUT2D eigenvalue weighted by Gasteiger charge is -2.09. The van der Waals surface area contributed by atoms with Crippen molar-refractivity contribution in [2.75, 3.05) is 18.4 Å². The summed E-state index contributed by atoms with van der Waals surface area (Å²) in [6.07, 6.45) is 0.350. The quantitative estimate of drug-likeness (QED) is 0.783. The average Bonchev–Trinajstić information content (AvgIpc) is 2.35. The fraction of sp³-hybridized carbons (Fsp3) is 0.462. The number of nitriles is 1. The zero-order valence-corrected chi connectivity index (χ0v) is 11.8. The van der Waals surface area contributed by atoms with Gasteiger partial charge in [-0.05, 0) is 18.1 Å². The van der Waals surface area contributed by atoms with Crippen LogP contribution in [0.4, 0.5) is 5.82 Å². The van der Waals surface area contributed by atoms with Crippen molar-refractivity contribution in [3.05, 3.63) is 22.8 Å². The summed E-state index contributed by atoms with van der Waals surface area (Å²) in [5, 5.41) is 14.8. The lowest BCUT2D eigenvalue weighted by molar-refractivity contribution is -0.120. The van der Waals surface area contributed by atoms with Gasteiger partial charge < -0.3 is 10.6 Å². The lowest BCUT2D eigenvalue weighted by atomic mass is 10.2. The molecule has 0 spiro atoms. The normalized spacial score (nSPS) is 10.1. The van der Waals surface area contributed by atoms with E-state index in [1.807, 2.05) is 19.9 Å². The van der Waals surface area contributed by atoms with Crippen LogP contribution in [-0.4, -0.2) is 24.0 Å². The van der Waals surface area contributed by atoms with Gasteiger partial charge in [-0.1, -0.05) is 25.4 Å². The summed E-state index contributed by atoms with van der Waals surface area (Å²) in [6, 6.07) is 5.08. The minimum absolute atomic E-state index is 0.0104. The first-order valence-corrected chi connectivity index (χ1v) is 6.47. The van der Waals surface area contributed by atoms with Gasteiger partial charge in [0.15, 0.2) is 0 Å². The van der Waals surface area contributed by atoms with E-state index in [9.17, 15) is 4.79 Å². The standard InChI is InChI=1S/C13H17ClN4O/c1-9(2)8-17-13(19)3-4-16-12-6-10(7-15)5-11(14)18-12/h5-6,9H,3-4,8H2,1-2H3,(H,16,18)(H,17,19). The highest BCUT2D eigenvalue weighted by Crippen LogP contribution is 2.13. The number of nitrogens with zero attached hydrogens (tertiary/aromatic N) is 2. The highest BCUT2D eigenvalue weighted by atomic mass is 35.5. The second kappa shape index (κ2) is 7.59. The maximum Gasteiger partial charge on any atom is 0.221 e. The van der Waals surface area contributed by atoms with Crippen molar-refractivity contribution < 1.29 is 4.79 Å². The van der Waals surface area contributed by atoms with Gasteiger partial charge in [-0.25, -0.2) is 4.98 Å². The Balaban J connectivity index is 2.39. The van der Waals surface area contributed by atoms with E-state index in [0.717, 1.165) is 0 Å². The van der Waals surface area contributed by atoms with Crippen molar-refractivity contribution in [3.8, 4) is 6.07 Å². The number of amides is 1. The first kappa shape index (κ1) is 15.3. The van der Waals surface area contributed by atoms with E-state index >= 15 is 0 Å². The van der Waals surface area contributed by atoms with Crippen LogP contribution in [0.15, 0.2) is 12.1 Å². The smallest absolute Gasteiger partial charge is 0.221 e. The molecule has 1 aromatic rings. The first-order chi connectivity index (χ1) is 9.01. The summed E-state index contributed by atoms with van der Waals surface area (Å²) in [4.78, 5) is 15.5. The molecule has 0 aromatic carbocycles. The third-order valence-electron chi connectivity index (χ3n) is 2.29.